The van der Waals surface area contributed by atoms with Crippen LogP contribution in [0.3, 0.4) is 0 Å². The number of rotatable bonds is 5. The fourth-order valence-corrected chi connectivity index (χ4v) is 1.64. The SMILES string of the molecule is O=C(NCCCn1cccc1)c1ccc(=O)[nH]c1. The van der Waals surface area contributed by atoms with Crippen LogP contribution in [0.4, 0.5) is 0 Å². The highest BCUT2D eigenvalue weighted by molar-refractivity contribution is 5.93. The highest BCUT2D eigenvalue weighted by atomic mass is 16.1. The summed E-state index contributed by atoms with van der Waals surface area (Å²) in [7, 11) is 0. The molecule has 18 heavy (non-hydrogen) atoms. The van der Waals surface area contributed by atoms with Crippen LogP contribution in [0.1, 0.15) is 16.8 Å². The number of H-pyrrole nitrogens is 1. The summed E-state index contributed by atoms with van der Waals surface area (Å²) in [4.78, 5) is 25.0. The molecular formula is C13H15N3O2. The molecule has 0 aromatic carbocycles. The molecule has 0 saturated carbocycles. The van der Waals surface area contributed by atoms with Crippen molar-refractivity contribution in [3.8, 4) is 0 Å². The van der Waals surface area contributed by atoms with Gasteiger partial charge < -0.3 is 14.9 Å². The summed E-state index contributed by atoms with van der Waals surface area (Å²) in [5.74, 6) is -0.168. The standard InChI is InChI=1S/C13H15N3O2/c17-12-5-4-11(10-15-12)13(18)14-6-3-9-16-7-1-2-8-16/h1-2,4-5,7-8,10H,3,6,9H2,(H,14,18)(H,15,17). The zero-order valence-electron chi connectivity index (χ0n) is 9.93. The highest BCUT2D eigenvalue weighted by Crippen LogP contribution is 1.95. The van der Waals surface area contributed by atoms with E-state index in [0.29, 0.717) is 12.1 Å². The second-order valence-corrected chi connectivity index (χ2v) is 3.97. The van der Waals surface area contributed by atoms with Crippen molar-refractivity contribution in [3.05, 3.63) is 58.8 Å². The van der Waals surface area contributed by atoms with Gasteiger partial charge in [0, 0.05) is 37.7 Å². The lowest BCUT2D eigenvalue weighted by Crippen LogP contribution is -2.25. The summed E-state index contributed by atoms with van der Waals surface area (Å²) in [6.07, 6.45) is 6.26. The van der Waals surface area contributed by atoms with Gasteiger partial charge in [0.05, 0.1) is 5.56 Å². The summed E-state index contributed by atoms with van der Waals surface area (Å²) in [6, 6.07) is 6.80. The summed E-state index contributed by atoms with van der Waals surface area (Å²) >= 11 is 0. The van der Waals surface area contributed by atoms with Gasteiger partial charge in [-0.05, 0) is 24.6 Å². The third-order valence-corrected chi connectivity index (χ3v) is 2.59. The van der Waals surface area contributed by atoms with E-state index >= 15 is 0 Å². The number of nitrogens with zero attached hydrogens (tertiary/aromatic N) is 1. The maximum atomic E-state index is 11.7. The van der Waals surface area contributed by atoms with Crippen LogP contribution >= 0.6 is 0 Å². The summed E-state index contributed by atoms with van der Waals surface area (Å²) in [5, 5.41) is 2.81. The monoisotopic (exact) mass is 245 g/mol. The van der Waals surface area contributed by atoms with E-state index in [9.17, 15) is 9.59 Å². The number of aryl methyl sites for hydroxylation is 1. The molecule has 2 rings (SSSR count). The number of nitrogens with one attached hydrogen (secondary N) is 2. The first-order valence-electron chi connectivity index (χ1n) is 5.83. The van der Waals surface area contributed by atoms with Crippen LogP contribution in [0.5, 0.6) is 0 Å². The Morgan fingerprint density at radius 3 is 2.72 bits per heavy atom. The first-order chi connectivity index (χ1) is 8.75. The zero-order chi connectivity index (χ0) is 12.8. The van der Waals surface area contributed by atoms with E-state index in [1.54, 1.807) is 0 Å². The lowest BCUT2D eigenvalue weighted by Gasteiger charge is -2.05. The number of hydrogen-bond donors (Lipinski definition) is 2. The highest BCUT2D eigenvalue weighted by Gasteiger charge is 2.03. The van der Waals surface area contributed by atoms with Gasteiger partial charge in [-0.1, -0.05) is 0 Å². The van der Waals surface area contributed by atoms with Crippen molar-refractivity contribution in [2.45, 2.75) is 13.0 Å². The number of aromatic amines is 1. The Morgan fingerprint density at radius 1 is 1.28 bits per heavy atom. The van der Waals surface area contributed by atoms with E-state index in [2.05, 4.69) is 14.9 Å². The molecule has 0 aliphatic heterocycles. The molecule has 0 radical (unpaired) electrons. The Balaban J connectivity index is 1.75. The number of hydrogen-bond acceptors (Lipinski definition) is 2. The zero-order valence-corrected chi connectivity index (χ0v) is 9.93. The van der Waals surface area contributed by atoms with Gasteiger partial charge >= 0.3 is 0 Å². The van der Waals surface area contributed by atoms with Crippen LogP contribution in [0.25, 0.3) is 0 Å². The molecule has 2 N–H and O–H groups in total. The molecule has 1 amide bonds. The average molecular weight is 245 g/mol. The van der Waals surface area contributed by atoms with Crippen molar-refractivity contribution < 1.29 is 4.79 Å². The Bertz CT molecular complexity index is 537. The van der Waals surface area contributed by atoms with Gasteiger partial charge in [0.15, 0.2) is 0 Å². The predicted octanol–water partition coefficient (Wildman–Crippen LogP) is 0.996. The summed E-state index contributed by atoms with van der Waals surface area (Å²) < 4.78 is 2.06. The van der Waals surface area contributed by atoms with Crippen LogP contribution in [-0.4, -0.2) is 22.0 Å². The molecule has 0 aliphatic carbocycles. The maximum Gasteiger partial charge on any atom is 0.252 e. The fourth-order valence-electron chi connectivity index (χ4n) is 1.64. The van der Waals surface area contributed by atoms with E-state index in [4.69, 9.17) is 0 Å². The smallest absolute Gasteiger partial charge is 0.252 e. The molecule has 5 heteroatoms. The average Bonchev–Trinajstić information content (AvgIpc) is 2.88. The molecule has 0 bridgehead atoms. The van der Waals surface area contributed by atoms with Crippen LogP contribution in [0, 0.1) is 0 Å². The van der Waals surface area contributed by atoms with E-state index in [1.807, 2.05) is 24.5 Å². The van der Waals surface area contributed by atoms with Crippen LogP contribution in [-0.2, 0) is 6.54 Å². The van der Waals surface area contributed by atoms with E-state index in [1.165, 1.54) is 18.3 Å². The Labute approximate surface area is 104 Å². The van der Waals surface area contributed by atoms with E-state index in [0.717, 1.165) is 13.0 Å². The lowest BCUT2D eigenvalue weighted by molar-refractivity contribution is 0.0952. The predicted molar refractivity (Wildman–Crippen MR) is 68.4 cm³/mol. The number of carbonyl (C=O) groups is 1. The van der Waals surface area contributed by atoms with Gasteiger partial charge in [0.25, 0.3) is 5.91 Å². The summed E-state index contributed by atoms with van der Waals surface area (Å²) in [6.45, 7) is 1.48. The second-order valence-electron chi connectivity index (χ2n) is 3.97. The Morgan fingerprint density at radius 2 is 2.06 bits per heavy atom. The quantitative estimate of drug-likeness (QED) is 0.772. The van der Waals surface area contributed by atoms with Crippen molar-refractivity contribution in [2.24, 2.45) is 0 Å². The number of amides is 1. The minimum absolute atomic E-state index is 0.168. The maximum absolute atomic E-state index is 11.7. The second kappa shape index (κ2) is 5.86. The number of carbonyl (C=O) groups excluding carboxylic acids is 1. The minimum atomic E-state index is -0.209. The summed E-state index contributed by atoms with van der Waals surface area (Å²) in [5.41, 5.74) is 0.259. The normalized spacial score (nSPS) is 10.2. The van der Waals surface area contributed by atoms with Crippen molar-refractivity contribution in [1.29, 1.82) is 0 Å². The third-order valence-electron chi connectivity index (χ3n) is 2.59. The van der Waals surface area contributed by atoms with Gasteiger partial charge in [-0.3, -0.25) is 9.59 Å². The van der Waals surface area contributed by atoms with E-state index in [-0.39, 0.29) is 11.5 Å². The van der Waals surface area contributed by atoms with Crippen molar-refractivity contribution in [2.75, 3.05) is 6.54 Å². The van der Waals surface area contributed by atoms with Gasteiger partial charge in [-0.15, -0.1) is 0 Å². The minimum Gasteiger partial charge on any atom is -0.354 e. The molecule has 2 aromatic heterocycles. The van der Waals surface area contributed by atoms with Crippen LogP contribution < -0.4 is 10.9 Å². The molecule has 0 aliphatic rings. The topological polar surface area (TPSA) is 66.9 Å². The lowest BCUT2D eigenvalue weighted by atomic mass is 10.2. The number of pyridine rings is 1. The van der Waals surface area contributed by atoms with Gasteiger partial charge in [0.1, 0.15) is 0 Å². The first-order valence-corrected chi connectivity index (χ1v) is 5.83. The van der Waals surface area contributed by atoms with Gasteiger partial charge in [-0.25, -0.2) is 0 Å². The molecule has 0 atom stereocenters. The molecule has 94 valence electrons. The molecule has 0 unspecified atom stereocenters. The Kier molecular flexibility index (Phi) is 3.96. The largest absolute Gasteiger partial charge is 0.354 e. The molecule has 0 saturated heterocycles. The first kappa shape index (κ1) is 12.2. The molecule has 0 fully saturated rings. The van der Waals surface area contributed by atoms with Crippen molar-refractivity contribution in [3.63, 3.8) is 0 Å². The van der Waals surface area contributed by atoms with Gasteiger partial charge in [-0.2, -0.15) is 0 Å². The van der Waals surface area contributed by atoms with E-state index < -0.39 is 0 Å². The van der Waals surface area contributed by atoms with Crippen LogP contribution in [0.15, 0.2) is 47.7 Å². The fraction of sp³-hybridized carbons (Fsp3) is 0.231. The molecule has 0 spiro atoms. The molecular weight excluding hydrogens is 230 g/mol. The third kappa shape index (κ3) is 3.35. The van der Waals surface area contributed by atoms with Crippen LogP contribution in [0.2, 0.25) is 0 Å². The van der Waals surface area contributed by atoms with Crippen molar-refractivity contribution in [1.82, 2.24) is 14.9 Å². The van der Waals surface area contributed by atoms with Gasteiger partial charge in [0.2, 0.25) is 5.56 Å². The van der Waals surface area contributed by atoms with Crippen molar-refractivity contribution >= 4 is 5.91 Å². The molecule has 5 nitrogen and oxygen atoms in total. The molecule has 2 aromatic rings. The Hall–Kier alpha value is -2.30. The number of aromatic nitrogens is 2. The molecule has 2 heterocycles.